The maximum atomic E-state index is 10.5. The molecule has 0 aliphatic carbocycles. The summed E-state index contributed by atoms with van der Waals surface area (Å²) in [4.78, 5) is 11.9. The molecule has 2 heterocycles. The van der Waals surface area contributed by atoms with Crippen molar-refractivity contribution in [3.05, 3.63) is 21.9 Å². The van der Waals surface area contributed by atoms with Crippen molar-refractivity contribution < 1.29 is 9.90 Å². The molecular formula is C7H7NO2S. The van der Waals surface area contributed by atoms with Gasteiger partial charge >= 0.3 is 6.09 Å². The van der Waals surface area contributed by atoms with E-state index in [2.05, 4.69) is 0 Å². The number of amides is 1. The number of carbonyl (C=O) groups is 1. The van der Waals surface area contributed by atoms with Crippen LogP contribution in [0.5, 0.6) is 0 Å². The summed E-state index contributed by atoms with van der Waals surface area (Å²) in [6, 6.07) is 0. The lowest BCUT2D eigenvalue weighted by Gasteiger charge is -2.08. The van der Waals surface area contributed by atoms with Gasteiger partial charge in [-0.2, -0.15) is 11.3 Å². The molecule has 1 aromatic rings. The van der Waals surface area contributed by atoms with Gasteiger partial charge in [0, 0.05) is 0 Å². The lowest BCUT2D eigenvalue weighted by Crippen LogP contribution is -2.22. The molecule has 0 saturated heterocycles. The largest absolute Gasteiger partial charge is 0.465 e. The van der Waals surface area contributed by atoms with Crippen LogP contribution in [0.15, 0.2) is 10.8 Å². The van der Waals surface area contributed by atoms with Gasteiger partial charge in [0.25, 0.3) is 0 Å². The predicted octanol–water partition coefficient (Wildman–Crippen LogP) is 1.74. The van der Waals surface area contributed by atoms with Gasteiger partial charge in [0.15, 0.2) is 0 Å². The summed E-state index contributed by atoms with van der Waals surface area (Å²) in [5, 5.41) is 12.7. The molecule has 0 saturated carbocycles. The van der Waals surface area contributed by atoms with Gasteiger partial charge < -0.3 is 5.11 Å². The average molecular weight is 169 g/mol. The van der Waals surface area contributed by atoms with E-state index in [1.165, 1.54) is 4.90 Å². The lowest BCUT2D eigenvalue weighted by molar-refractivity contribution is 0.145. The molecule has 1 N–H and O–H groups in total. The zero-order chi connectivity index (χ0) is 7.84. The highest BCUT2D eigenvalue weighted by atomic mass is 32.1. The van der Waals surface area contributed by atoms with Crippen molar-refractivity contribution in [2.45, 2.75) is 13.1 Å². The Morgan fingerprint density at radius 2 is 2.00 bits per heavy atom. The minimum atomic E-state index is -0.828. The second kappa shape index (κ2) is 2.23. The number of nitrogens with zero attached hydrogens (tertiary/aromatic N) is 1. The molecule has 2 rings (SSSR count). The van der Waals surface area contributed by atoms with Crippen molar-refractivity contribution in [1.29, 1.82) is 0 Å². The topological polar surface area (TPSA) is 40.5 Å². The van der Waals surface area contributed by atoms with Crippen LogP contribution in [0.1, 0.15) is 11.1 Å². The third-order valence-electron chi connectivity index (χ3n) is 1.83. The van der Waals surface area contributed by atoms with Crippen LogP contribution in [-0.4, -0.2) is 16.1 Å². The van der Waals surface area contributed by atoms with Crippen LogP contribution in [0.3, 0.4) is 0 Å². The van der Waals surface area contributed by atoms with Gasteiger partial charge in [0.05, 0.1) is 13.1 Å². The summed E-state index contributed by atoms with van der Waals surface area (Å²) in [6.07, 6.45) is -0.828. The van der Waals surface area contributed by atoms with Gasteiger partial charge in [0.2, 0.25) is 0 Å². The number of rotatable bonds is 0. The van der Waals surface area contributed by atoms with Gasteiger partial charge in [-0.15, -0.1) is 0 Å². The summed E-state index contributed by atoms with van der Waals surface area (Å²) in [5.74, 6) is 0. The Bertz CT molecular complexity index is 274. The maximum absolute atomic E-state index is 10.5. The second-order valence-corrected chi connectivity index (χ2v) is 3.30. The van der Waals surface area contributed by atoms with Crippen LogP contribution in [0.2, 0.25) is 0 Å². The van der Waals surface area contributed by atoms with E-state index < -0.39 is 6.09 Å². The molecule has 0 bridgehead atoms. The standard InChI is InChI=1S/C7H7NO2S/c9-7(10)8-1-5-3-11-4-6(5)2-8/h3-4H,1-2H2,(H,9,10). The van der Waals surface area contributed by atoms with Crippen molar-refractivity contribution in [2.75, 3.05) is 0 Å². The Kier molecular flexibility index (Phi) is 1.35. The summed E-state index contributed by atoms with van der Waals surface area (Å²) < 4.78 is 0. The highest BCUT2D eigenvalue weighted by Crippen LogP contribution is 2.25. The smallest absolute Gasteiger partial charge is 0.407 e. The van der Waals surface area contributed by atoms with Gasteiger partial charge in [0.1, 0.15) is 0 Å². The molecule has 0 spiro atoms. The Labute approximate surface area is 67.9 Å². The number of hydrogen-bond donors (Lipinski definition) is 1. The first-order valence-corrected chi connectivity index (χ1v) is 4.23. The Hall–Kier alpha value is -1.03. The lowest BCUT2D eigenvalue weighted by atomic mass is 10.2. The second-order valence-electron chi connectivity index (χ2n) is 2.56. The zero-order valence-electron chi connectivity index (χ0n) is 5.78. The summed E-state index contributed by atoms with van der Waals surface area (Å²) in [6.45, 7) is 1.13. The third-order valence-corrected chi connectivity index (χ3v) is 2.67. The number of carboxylic acid groups (broad SMARTS) is 1. The zero-order valence-corrected chi connectivity index (χ0v) is 6.60. The maximum Gasteiger partial charge on any atom is 0.407 e. The fourth-order valence-electron chi connectivity index (χ4n) is 1.23. The monoisotopic (exact) mass is 169 g/mol. The van der Waals surface area contributed by atoms with Crippen molar-refractivity contribution >= 4 is 17.4 Å². The average Bonchev–Trinajstić information content (AvgIpc) is 2.40. The van der Waals surface area contributed by atoms with Gasteiger partial charge in [-0.25, -0.2) is 4.79 Å². The van der Waals surface area contributed by atoms with E-state index in [4.69, 9.17) is 5.11 Å². The molecule has 4 heteroatoms. The Balaban J connectivity index is 2.22. The third kappa shape index (κ3) is 0.991. The Morgan fingerprint density at radius 1 is 1.45 bits per heavy atom. The van der Waals surface area contributed by atoms with Crippen molar-refractivity contribution in [1.82, 2.24) is 4.90 Å². The van der Waals surface area contributed by atoms with Crippen molar-refractivity contribution in [2.24, 2.45) is 0 Å². The fourth-order valence-corrected chi connectivity index (χ4v) is 2.08. The van der Waals surface area contributed by atoms with Crippen LogP contribution in [0.25, 0.3) is 0 Å². The number of thiophene rings is 1. The van der Waals surface area contributed by atoms with Crippen LogP contribution in [0, 0.1) is 0 Å². The van der Waals surface area contributed by atoms with E-state index in [0.29, 0.717) is 13.1 Å². The molecule has 58 valence electrons. The first kappa shape index (κ1) is 6.67. The SMILES string of the molecule is O=C(O)N1Cc2cscc2C1. The summed E-state index contributed by atoms with van der Waals surface area (Å²) >= 11 is 1.64. The van der Waals surface area contributed by atoms with Crippen LogP contribution >= 0.6 is 11.3 Å². The number of hydrogen-bond acceptors (Lipinski definition) is 2. The molecule has 0 atom stereocenters. The summed E-state index contributed by atoms with van der Waals surface area (Å²) in [5.41, 5.74) is 2.33. The minimum absolute atomic E-state index is 0.564. The van der Waals surface area contributed by atoms with Crippen molar-refractivity contribution in [3.63, 3.8) is 0 Å². The van der Waals surface area contributed by atoms with E-state index in [-0.39, 0.29) is 0 Å². The highest BCUT2D eigenvalue weighted by molar-refractivity contribution is 7.08. The van der Waals surface area contributed by atoms with E-state index >= 15 is 0 Å². The molecule has 3 nitrogen and oxygen atoms in total. The molecule has 0 fully saturated rings. The molecular weight excluding hydrogens is 162 g/mol. The van der Waals surface area contributed by atoms with Crippen LogP contribution in [-0.2, 0) is 13.1 Å². The molecule has 0 radical (unpaired) electrons. The summed E-state index contributed by atoms with van der Waals surface area (Å²) in [7, 11) is 0. The number of fused-ring (bicyclic) bond motifs is 1. The molecule has 0 aromatic carbocycles. The molecule has 0 unspecified atom stereocenters. The first-order chi connectivity index (χ1) is 5.27. The van der Waals surface area contributed by atoms with E-state index in [9.17, 15) is 4.79 Å². The van der Waals surface area contributed by atoms with Gasteiger partial charge in [-0.1, -0.05) is 0 Å². The normalized spacial score (nSPS) is 15.1. The first-order valence-electron chi connectivity index (χ1n) is 3.29. The predicted molar refractivity (Wildman–Crippen MR) is 41.6 cm³/mol. The van der Waals surface area contributed by atoms with Crippen molar-refractivity contribution in [3.8, 4) is 0 Å². The fraction of sp³-hybridized carbons (Fsp3) is 0.286. The molecule has 1 aromatic heterocycles. The van der Waals surface area contributed by atoms with E-state index in [1.54, 1.807) is 11.3 Å². The van der Waals surface area contributed by atoms with Crippen LogP contribution in [0.4, 0.5) is 4.79 Å². The molecule has 1 aliphatic rings. The quantitative estimate of drug-likeness (QED) is 0.642. The molecule has 1 aliphatic heterocycles. The van der Waals surface area contributed by atoms with Crippen LogP contribution < -0.4 is 0 Å². The minimum Gasteiger partial charge on any atom is -0.465 e. The van der Waals surface area contributed by atoms with E-state index in [0.717, 1.165) is 11.1 Å². The van der Waals surface area contributed by atoms with Gasteiger partial charge in [-0.05, 0) is 21.9 Å². The highest BCUT2D eigenvalue weighted by Gasteiger charge is 2.22. The van der Waals surface area contributed by atoms with Gasteiger partial charge in [-0.3, -0.25) is 4.90 Å². The molecule has 11 heavy (non-hydrogen) atoms. The van der Waals surface area contributed by atoms with E-state index in [1.807, 2.05) is 10.8 Å². The Morgan fingerprint density at radius 3 is 2.45 bits per heavy atom. The molecule has 1 amide bonds.